The van der Waals surface area contributed by atoms with Crippen molar-refractivity contribution in [2.45, 2.75) is 52.0 Å². The van der Waals surface area contributed by atoms with Crippen LogP contribution in [0.25, 0.3) is 10.4 Å². The molecular weight excluding hydrogens is 274 g/mol. The molecule has 0 amide bonds. The molecule has 21 heavy (non-hydrogen) atoms. The van der Waals surface area contributed by atoms with Crippen molar-refractivity contribution in [2.75, 3.05) is 6.54 Å². The van der Waals surface area contributed by atoms with Gasteiger partial charge in [0.15, 0.2) is 0 Å². The van der Waals surface area contributed by atoms with Gasteiger partial charge in [-0.25, -0.2) is 0 Å². The second-order valence-corrected chi connectivity index (χ2v) is 7.05. The van der Waals surface area contributed by atoms with Gasteiger partial charge < -0.3 is 5.32 Å². The molecule has 1 aromatic heterocycles. The van der Waals surface area contributed by atoms with Crippen molar-refractivity contribution in [3.8, 4) is 10.4 Å². The van der Waals surface area contributed by atoms with Crippen LogP contribution in [0.3, 0.4) is 0 Å². The lowest BCUT2D eigenvalue weighted by Gasteiger charge is -2.15. The monoisotopic (exact) mass is 299 g/mol. The van der Waals surface area contributed by atoms with Crippen molar-refractivity contribution in [3.05, 3.63) is 46.3 Å². The summed E-state index contributed by atoms with van der Waals surface area (Å²) < 4.78 is 0. The van der Waals surface area contributed by atoms with Crippen LogP contribution in [-0.4, -0.2) is 6.54 Å². The van der Waals surface area contributed by atoms with Crippen LogP contribution in [0.15, 0.2) is 30.3 Å². The van der Waals surface area contributed by atoms with Gasteiger partial charge in [-0.15, -0.1) is 11.3 Å². The Balaban J connectivity index is 1.83. The molecule has 2 heteroatoms. The fraction of sp³-hybridized carbons (Fsp3) is 0.474. The lowest BCUT2D eigenvalue weighted by atomic mass is 10.1. The Bertz CT molecular complexity index is 593. The first-order valence-corrected chi connectivity index (χ1v) is 9.08. The van der Waals surface area contributed by atoms with Gasteiger partial charge >= 0.3 is 0 Å². The first-order valence-electron chi connectivity index (χ1n) is 8.27. The molecule has 1 unspecified atom stereocenters. The maximum absolute atomic E-state index is 3.62. The maximum Gasteiger partial charge on any atom is 0.0414 e. The Morgan fingerprint density at radius 2 is 1.95 bits per heavy atom. The summed E-state index contributed by atoms with van der Waals surface area (Å²) in [7, 11) is 0. The highest BCUT2D eigenvalue weighted by Crippen LogP contribution is 2.35. The normalized spacial score (nSPS) is 15.1. The van der Waals surface area contributed by atoms with Crippen molar-refractivity contribution in [2.24, 2.45) is 0 Å². The molecule has 0 radical (unpaired) electrons. The van der Waals surface area contributed by atoms with Crippen LogP contribution in [0.5, 0.6) is 0 Å². The van der Waals surface area contributed by atoms with Crippen molar-refractivity contribution in [1.29, 1.82) is 0 Å². The molecule has 2 aromatic rings. The van der Waals surface area contributed by atoms with Crippen molar-refractivity contribution in [1.82, 2.24) is 5.32 Å². The standard InChI is InChI=1S/C19H25NS/c1-3-6-17(20-4-2)19-12-11-18(21-19)16-10-9-14-7-5-8-15(14)13-16/h9-13,17,20H,3-8H2,1-2H3. The topological polar surface area (TPSA) is 12.0 Å². The summed E-state index contributed by atoms with van der Waals surface area (Å²) >= 11 is 1.96. The molecule has 0 saturated heterocycles. The number of nitrogens with one attached hydrogen (secondary N) is 1. The Kier molecular flexibility index (Phi) is 4.77. The number of hydrogen-bond acceptors (Lipinski definition) is 2. The average Bonchev–Trinajstić information content (AvgIpc) is 3.15. The summed E-state index contributed by atoms with van der Waals surface area (Å²) in [6, 6.07) is 12.2. The zero-order chi connectivity index (χ0) is 14.7. The number of fused-ring (bicyclic) bond motifs is 1. The van der Waals surface area contributed by atoms with Crippen molar-refractivity contribution < 1.29 is 0 Å². The van der Waals surface area contributed by atoms with Gasteiger partial charge in [-0.2, -0.15) is 0 Å². The first kappa shape index (κ1) is 14.8. The highest BCUT2D eigenvalue weighted by molar-refractivity contribution is 7.15. The van der Waals surface area contributed by atoms with Crippen LogP contribution in [-0.2, 0) is 12.8 Å². The molecular formula is C19H25NS. The van der Waals surface area contributed by atoms with Gasteiger partial charge in [-0.05, 0) is 61.1 Å². The molecule has 1 aromatic carbocycles. The molecule has 1 atom stereocenters. The van der Waals surface area contributed by atoms with Crippen LogP contribution < -0.4 is 5.32 Å². The molecule has 112 valence electrons. The maximum atomic E-state index is 3.62. The van der Waals surface area contributed by atoms with E-state index >= 15 is 0 Å². The predicted molar refractivity (Wildman–Crippen MR) is 93.1 cm³/mol. The smallest absolute Gasteiger partial charge is 0.0414 e. The lowest BCUT2D eigenvalue weighted by molar-refractivity contribution is 0.516. The summed E-state index contributed by atoms with van der Waals surface area (Å²) in [5.41, 5.74) is 4.53. The van der Waals surface area contributed by atoms with E-state index in [2.05, 4.69) is 49.5 Å². The Morgan fingerprint density at radius 1 is 1.10 bits per heavy atom. The number of rotatable bonds is 6. The third-order valence-electron chi connectivity index (χ3n) is 4.38. The van der Waals surface area contributed by atoms with E-state index in [1.165, 1.54) is 47.4 Å². The number of thiophene rings is 1. The molecule has 0 spiro atoms. The molecule has 0 bridgehead atoms. The molecule has 1 N–H and O–H groups in total. The van der Waals surface area contributed by atoms with Gasteiger partial charge in [-0.1, -0.05) is 38.5 Å². The van der Waals surface area contributed by atoms with Gasteiger partial charge in [0.25, 0.3) is 0 Å². The van der Waals surface area contributed by atoms with Crippen LogP contribution >= 0.6 is 11.3 Å². The van der Waals surface area contributed by atoms with Crippen LogP contribution in [0, 0.1) is 0 Å². The van der Waals surface area contributed by atoms with Gasteiger partial charge in [0.05, 0.1) is 0 Å². The van der Waals surface area contributed by atoms with E-state index in [4.69, 9.17) is 0 Å². The van der Waals surface area contributed by atoms with Gasteiger partial charge in [-0.3, -0.25) is 0 Å². The lowest BCUT2D eigenvalue weighted by Crippen LogP contribution is -2.19. The van der Waals surface area contributed by atoms with E-state index in [9.17, 15) is 0 Å². The van der Waals surface area contributed by atoms with Crippen molar-refractivity contribution >= 4 is 11.3 Å². The Labute approximate surface area is 132 Å². The minimum absolute atomic E-state index is 0.521. The molecule has 0 aliphatic heterocycles. The summed E-state index contributed by atoms with van der Waals surface area (Å²) in [6.45, 7) is 5.49. The van der Waals surface area contributed by atoms with E-state index in [0.717, 1.165) is 6.54 Å². The molecule has 1 nitrogen and oxygen atoms in total. The number of aryl methyl sites for hydroxylation is 2. The average molecular weight is 299 g/mol. The third-order valence-corrected chi connectivity index (χ3v) is 5.63. The second-order valence-electron chi connectivity index (χ2n) is 5.94. The first-order chi connectivity index (χ1) is 10.3. The highest BCUT2D eigenvalue weighted by Gasteiger charge is 2.15. The Morgan fingerprint density at radius 3 is 2.76 bits per heavy atom. The minimum atomic E-state index is 0.521. The largest absolute Gasteiger partial charge is 0.310 e. The molecule has 0 fully saturated rings. The summed E-state index contributed by atoms with van der Waals surface area (Å²) in [5.74, 6) is 0. The molecule has 0 saturated carbocycles. The van der Waals surface area contributed by atoms with E-state index in [1.54, 1.807) is 11.1 Å². The summed E-state index contributed by atoms with van der Waals surface area (Å²) in [4.78, 5) is 2.90. The summed E-state index contributed by atoms with van der Waals surface area (Å²) in [6.07, 6.45) is 6.30. The quantitative estimate of drug-likeness (QED) is 0.757. The number of hydrogen-bond donors (Lipinski definition) is 1. The van der Waals surface area contributed by atoms with E-state index < -0.39 is 0 Å². The van der Waals surface area contributed by atoms with E-state index in [1.807, 2.05) is 11.3 Å². The second kappa shape index (κ2) is 6.76. The molecule has 1 heterocycles. The van der Waals surface area contributed by atoms with Crippen LogP contribution in [0.1, 0.15) is 55.2 Å². The SMILES string of the molecule is CCCC(NCC)c1ccc(-c2ccc3c(c2)CCC3)s1. The van der Waals surface area contributed by atoms with Crippen molar-refractivity contribution in [3.63, 3.8) is 0 Å². The van der Waals surface area contributed by atoms with E-state index in [0.29, 0.717) is 6.04 Å². The highest BCUT2D eigenvalue weighted by atomic mass is 32.1. The molecule has 1 aliphatic carbocycles. The zero-order valence-corrected chi connectivity index (χ0v) is 13.9. The minimum Gasteiger partial charge on any atom is -0.310 e. The fourth-order valence-corrected chi connectivity index (χ4v) is 4.41. The van der Waals surface area contributed by atoms with E-state index in [-0.39, 0.29) is 0 Å². The van der Waals surface area contributed by atoms with Crippen LogP contribution in [0.2, 0.25) is 0 Å². The van der Waals surface area contributed by atoms with Gasteiger partial charge in [0.1, 0.15) is 0 Å². The number of benzene rings is 1. The predicted octanol–water partition coefficient (Wildman–Crippen LogP) is 5.35. The Hall–Kier alpha value is -1.12. The third kappa shape index (κ3) is 3.22. The van der Waals surface area contributed by atoms with Crippen LogP contribution in [0.4, 0.5) is 0 Å². The summed E-state index contributed by atoms with van der Waals surface area (Å²) in [5, 5.41) is 3.62. The van der Waals surface area contributed by atoms with Gasteiger partial charge in [0.2, 0.25) is 0 Å². The zero-order valence-electron chi connectivity index (χ0n) is 13.1. The molecule has 3 rings (SSSR count). The molecule has 1 aliphatic rings. The fourth-order valence-electron chi connectivity index (χ4n) is 3.30. The van der Waals surface area contributed by atoms with Gasteiger partial charge in [0, 0.05) is 15.8 Å².